The number of aliphatic hydroxyl groups is 2. The van der Waals surface area contributed by atoms with Crippen LogP contribution in [-0.2, 0) is 9.53 Å². The molecular formula is C17H23NO6. The van der Waals surface area contributed by atoms with Crippen molar-refractivity contribution in [1.82, 2.24) is 5.48 Å². The van der Waals surface area contributed by atoms with E-state index >= 15 is 0 Å². The molecule has 0 saturated heterocycles. The zero-order valence-corrected chi connectivity index (χ0v) is 13.7. The molecule has 1 aromatic rings. The molecule has 0 radical (unpaired) electrons. The first kappa shape index (κ1) is 19.9. The van der Waals surface area contributed by atoms with Crippen LogP contribution in [0.3, 0.4) is 0 Å². The maximum absolute atomic E-state index is 11.0. The summed E-state index contributed by atoms with van der Waals surface area (Å²) in [6, 6.07) is 6.81. The molecule has 0 heterocycles. The number of rotatable bonds is 9. The van der Waals surface area contributed by atoms with Gasteiger partial charge in [0.1, 0.15) is 24.6 Å². The molecule has 0 aliphatic rings. The summed E-state index contributed by atoms with van der Waals surface area (Å²) >= 11 is 0. The van der Waals surface area contributed by atoms with Crippen LogP contribution in [0.2, 0.25) is 0 Å². The van der Waals surface area contributed by atoms with Gasteiger partial charge in [-0.3, -0.25) is 10.0 Å². The lowest BCUT2D eigenvalue weighted by Gasteiger charge is -2.19. The Kier molecular flexibility index (Phi) is 8.74. The van der Waals surface area contributed by atoms with Gasteiger partial charge in [-0.1, -0.05) is 24.3 Å². The Morgan fingerprint density at radius 2 is 2.00 bits per heavy atom. The largest absolute Gasteiger partial charge is 0.491 e. The van der Waals surface area contributed by atoms with Crippen LogP contribution in [-0.4, -0.2) is 47.8 Å². The van der Waals surface area contributed by atoms with Crippen LogP contribution in [0.4, 0.5) is 0 Å². The van der Waals surface area contributed by atoms with Gasteiger partial charge in [0, 0.05) is 13.2 Å². The van der Waals surface area contributed by atoms with E-state index in [0.717, 1.165) is 0 Å². The lowest BCUT2D eigenvalue weighted by Crippen LogP contribution is -2.18. The van der Waals surface area contributed by atoms with E-state index in [0.29, 0.717) is 16.9 Å². The second-order valence-corrected chi connectivity index (χ2v) is 5.01. The fourth-order valence-corrected chi connectivity index (χ4v) is 1.96. The van der Waals surface area contributed by atoms with Gasteiger partial charge in [0.05, 0.1) is 6.61 Å². The number of carbonyl (C=O) groups excluding carboxylic acids is 1. The van der Waals surface area contributed by atoms with E-state index in [2.05, 4.69) is 0 Å². The summed E-state index contributed by atoms with van der Waals surface area (Å²) in [5.41, 5.74) is 2.73. The maximum Gasteiger partial charge on any atom is 0.267 e. The van der Waals surface area contributed by atoms with Crippen LogP contribution in [0.15, 0.2) is 48.1 Å². The van der Waals surface area contributed by atoms with Crippen molar-refractivity contribution >= 4 is 5.91 Å². The molecule has 0 unspecified atom stereocenters. The highest BCUT2D eigenvalue weighted by atomic mass is 16.5. The number of hydrogen-bond acceptors (Lipinski definition) is 6. The van der Waals surface area contributed by atoms with E-state index in [1.54, 1.807) is 43.3 Å². The monoisotopic (exact) mass is 337 g/mol. The van der Waals surface area contributed by atoms with Crippen molar-refractivity contribution in [2.75, 3.05) is 20.3 Å². The molecule has 4 N–H and O–H groups in total. The number of nitrogens with one attached hydrogen (secondary N) is 1. The van der Waals surface area contributed by atoms with Crippen LogP contribution < -0.4 is 10.2 Å². The Morgan fingerprint density at radius 3 is 2.54 bits per heavy atom. The first-order chi connectivity index (χ1) is 11.5. The van der Waals surface area contributed by atoms with Gasteiger partial charge < -0.3 is 19.7 Å². The molecule has 7 nitrogen and oxygen atoms in total. The van der Waals surface area contributed by atoms with E-state index in [-0.39, 0.29) is 13.2 Å². The lowest BCUT2D eigenvalue weighted by atomic mass is 10.0. The quantitative estimate of drug-likeness (QED) is 0.233. The van der Waals surface area contributed by atoms with Gasteiger partial charge >= 0.3 is 0 Å². The average molecular weight is 337 g/mol. The number of ether oxygens (including phenoxy) is 2. The van der Waals surface area contributed by atoms with E-state index in [9.17, 15) is 9.90 Å². The van der Waals surface area contributed by atoms with E-state index in [4.69, 9.17) is 19.8 Å². The second kappa shape index (κ2) is 10.6. The van der Waals surface area contributed by atoms with Crippen molar-refractivity contribution in [2.24, 2.45) is 0 Å². The molecule has 0 aliphatic carbocycles. The highest BCUT2D eigenvalue weighted by Gasteiger charge is 2.18. The third-order valence-electron chi connectivity index (χ3n) is 3.18. The summed E-state index contributed by atoms with van der Waals surface area (Å²) in [4.78, 5) is 11.0. The first-order valence-corrected chi connectivity index (χ1v) is 7.36. The number of hydroxylamine groups is 1. The molecule has 1 rings (SSSR count). The molecule has 0 spiro atoms. The highest BCUT2D eigenvalue weighted by Crippen LogP contribution is 2.23. The number of carbonyl (C=O) groups is 1. The van der Waals surface area contributed by atoms with E-state index in [1.165, 1.54) is 18.7 Å². The first-order valence-electron chi connectivity index (χ1n) is 7.36. The molecule has 0 fully saturated rings. The highest BCUT2D eigenvalue weighted by molar-refractivity contribution is 5.87. The fourth-order valence-electron chi connectivity index (χ4n) is 1.96. The van der Waals surface area contributed by atoms with Crippen molar-refractivity contribution in [1.29, 1.82) is 0 Å². The topological polar surface area (TPSA) is 108 Å². The van der Waals surface area contributed by atoms with Gasteiger partial charge in [0.25, 0.3) is 5.91 Å². The van der Waals surface area contributed by atoms with Crippen molar-refractivity contribution < 1.29 is 29.7 Å². The summed E-state index contributed by atoms with van der Waals surface area (Å²) in [6.45, 7) is 1.82. The molecule has 1 aromatic carbocycles. The summed E-state index contributed by atoms with van der Waals surface area (Å²) in [7, 11) is 1.47. The van der Waals surface area contributed by atoms with Gasteiger partial charge in [0.15, 0.2) is 0 Å². The van der Waals surface area contributed by atoms with Crippen LogP contribution in [0.1, 0.15) is 18.6 Å². The third-order valence-corrected chi connectivity index (χ3v) is 3.18. The van der Waals surface area contributed by atoms with Gasteiger partial charge in [-0.25, -0.2) is 5.48 Å². The summed E-state index contributed by atoms with van der Waals surface area (Å²) in [5.74, 6) is -0.0385. The van der Waals surface area contributed by atoms with Crippen LogP contribution >= 0.6 is 0 Å². The molecule has 132 valence electrons. The normalized spacial score (nSPS) is 14.5. The second-order valence-electron chi connectivity index (χ2n) is 5.01. The molecule has 0 aromatic heterocycles. The molecule has 2 atom stereocenters. The Morgan fingerprint density at radius 1 is 1.33 bits per heavy atom. The maximum atomic E-state index is 11.0. The third kappa shape index (κ3) is 6.51. The zero-order chi connectivity index (χ0) is 17.9. The van der Waals surface area contributed by atoms with Crippen molar-refractivity contribution in [3.63, 3.8) is 0 Å². The minimum Gasteiger partial charge on any atom is -0.491 e. The molecule has 0 saturated carbocycles. The van der Waals surface area contributed by atoms with Crippen molar-refractivity contribution in [3.8, 4) is 5.75 Å². The Labute approximate surface area is 140 Å². The molecule has 0 bridgehead atoms. The Balaban J connectivity index is 2.77. The van der Waals surface area contributed by atoms with Crippen molar-refractivity contribution in [3.05, 3.63) is 53.6 Å². The number of aliphatic hydroxyl groups excluding tert-OH is 2. The summed E-state index contributed by atoms with van der Waals surface area (Å²) in [5, 5.41) is 27.6. The van der Waals surface area contributed by atoms with Crippen LogP contribution in [0, 0.1) is 0 Å². The SMILES string of the molecule is CO[C@@H](/C=C/C(C)=C/C(=O)NO)[C@@H](O)c1ccc(OCCO)cc1. The number of amides is 1. The van der Waals surface area contributed by atoms with E-state index in [1.807, 2.05) is 0 Å². The smallest absolute Gasteiger partial charge is 0.267 e. The summed E-state index contributed by atoms with van der Waals surface area (Å²) < 4.78 is 10.5. The van der Waals surface area contributed by atoms with Gasteiger partial charge in [-0.05, 0) is 30.2 Å². The fraction of sp³-hybridized carbons (Fsp3) is 0.353. The predicted molar refractivity (Wildman–Crippen MR) is 87.6 cm³/mol. The van der Waals surface area contributed by atoms with Gasteiger partial charge in [0.2, 0.25) is 0 Å². The molecule has 0 aliphatic heterocycles. The molecule has 1 amide bonds. The Bertz CT molecular complexity index is 567. The lowest BCUT2D eigenvalue weighted by molar-refractivity contribution is -0.124. The number of benzene rings is 1. The molecule has 7 heteroatoms. The minimum absolute atomic E-state index is 0.0674. The average Bonchev–Trinajstić information content (AvgIpc) is 2.60. The van der Waals surface area contributed by atoms with Gasteiger partial charge in [-0.2, -0.15) is 0 Å². The van der Waals surface area contributed by atoms with Crippen LogP contribution in [0.25, 0.3) is 0 Å². The number of allylic oxidation sites excluding steroid dienone is 2. The van der Waals surface area contributed by atoms with Gasteiger partial charge in [-0.15, -0.1) is 0 Å². The standard InChI is InChI=1S/C17H23NO6/c1-12(11-16(20)18-22)3-8-15(23-2)17(21)13-4-6-14(7-5-13)24-10-9-19/h3-8,11,15,17,19,21-22H,9-10H2,1-2H3,(H,18,20)/b8-3+,12-11+/t15-,17-/m0/s1. The molecular weight excluding hydrogens is 314 g/mol. The summed E-state index contributed by atoms with van der Waals surface area (Å²) in [6.07, 6.45) is 2.93. The minimum atomic E-state index is -0.905. The zero-order valence-electron chi connectivity index (χ0n) is 13.7. The number of hydrogen-bond donors (Lipinski definition) is 4. The number of methoxy groups -OCH3 is 1. The Hall–Kier alpha value is -2.19. The predicted octanol–water partition coefficient (Wildman–Crippen LogP) is 1.11. The van der Waals surface area contributed by atoms with Crippen LogP contribution in [0.5, 0.6) is 5.75 Å². The molecule has 24 heavy (non-hydrogen) atoms. The van der Waals surface area contributed by atoms with Crippen molar-refractivity contribution in [2.45, 2.75) is 19.1 Å². The van der Waals surface area contributed by atoms with E-state index < -0.39 is 18.1 Å².